The van der Waals surface area contributed by atoms with Gasteiger partial charge in [-0.25, -0.2) is 0 Å². The second-order valence-electron chi connectivity index (χ2n) is 21.3. The Bertz CT molecular complexity index is 1310. The first kappa shape index (κ1) is 70.1. The van der Waals surface area contributed by atoms with Gasteiger partial charge >= 0.3 is 17.9 Å². The summed E-state index contributed by atoms with van der Waals surface area (Å²) in [4.78, 5) is 38.2. The van der Waals surface area contributed by atoms with Gasteiger partial charge in [-0.05, 0) is 44.9 Å². The van der Waals surface area contributed by atoms with E-state index in [1.807, 2.05) is 12.2 Å². The molecule has 0 aromatic heterocycles. The fourth-order valence-electron chi connectivity index (χ4n) is 9.34. The van der Waals surface area contributed by atoms with E-state index in [1.54, 1.807) is 0 Å². The van der Waals surface area contributed by atoms with E-state index in [0.717, 1.165) is 70.6 Å². The van der Waals surface area contributed by atoms with Crippen molar-refractivity contribution in [3.8, 4) is 0 Å². The Morgan fingerprint density at radius 3 is 0.836 bits per heavy atom. The smallest absolute Gasteiger partial charge is 0.309 e. The molecule has 424 valence electrons. The van der Waals surface area contributed by atoms with Crippen LogP contribution in [0.4, 0.5) is 0 Å². The number of unbranched alkanes of at least 4 members (excludes halogenated alkanes) is 38. The summed E-state index contributed by atoms with van der Waals surface area (Å²) < 4.78 is 16.8. The maximum Gasteiger partial charge on any atom is 0.309 e. The Kier molecular flexibility index (Phi) is 59.2. The number of carbonyl (C=O) groups excluding carboxylic acids is 3. The van der Waals surface area contributed by atoms with E-state index in [4.69, 9.17) is 14.2 Å². The predicted octanol–water partition coefficient (Wildman–Crippen LogP) is 21.6. The van der Waals surface area contributed by atoms with Crippen molar-refractivity contribution < 1.29 is 28.6 Å². The molecule has 0 aromatic carbocycles. The maximum atomic E-state index is 12.9. The molecule has 6 heteroatoms. The molecule has 0 aromatic rings. The summed E-state index contributed by atoms with van der Waals surface area (Å²) >= 11 is 0. The van der Waals surface area contributed by atoms with Crippen molar-refractivity contribution in [3.05, 3.63) is 60.8 Å². The fraction of sp³-hybridized carbons (Fsp3) is 0.806. The Morgan fingerprint density at radius 1 is 0.288 bits per heavy atom. The molecule has 0 spiro atoms. The van der Waals surface area contributed by atoms with Crippen LogP contribution >= 0.6 is 0 Å². The van der Waals surface area contributed by atoms with Crippen LogP contribution in [0.15, 0.2) is 60.8 Å². The topological polar surface area (TPSA) is 78.9 Å². The van der Waals surface area contributed by atoms with Crippen molar-refractivity contribution >= 4 is 17.9 Å². The van der Waals surface area contributed by atoms with Gasteiger partial charge < -0.3 is 14.2 Å². The second-order valence-corrected chi connectivity index (χ2v) is 21.3. The molecule has 0 heterocycles. The Morgan fingerprint density at radius 2 is 0.534 bits per heavy atom. The molecule has 0 aliphatic heterocycles. The number of carbonyl (C=O) groups is 3. The lowest BCUT2D eigenvalue weighted by Gasteiger charge is -2.18. The second kappa shape index (κ2) is 61.7. The molecule has 0 radical (unpaired) electrons. The molecule has 0 saturated heterocycles. The van der Waals surface area contributed by atoms with Gasteiger partial charge in [-0.2, -0.15) is 0 Å². The number of allylic oxidation sites excluding steroid dienone is 9. The van der Waals surface area contributed by atoms with E-state index in [-0.39, 0.29) is 31.6 Å². The summed E-state index contributed by atoms with van der Waals surface area (Å²) in [6.45, 7) is 6.50. The van der Waals surface area contributed by atoms with Crippen LogP contribution in [0, 0.1) is 0 Å². The molecular weight excluding hydrogens is 901 g/mol. The zero-order chi connectivity index (χ0) is 52.9. The summed E-state index contributed by atoms with van der Waals surface area (Å²) in [7, 11) is 0. The summed E-state index contributed by atoms with van der Waals surface area (Å²) in [6.07, 6.45) is 78.3. The summed E-state index contributed by atoms with van der Waals surface area (Å²) in [6, 6.07) is 0. The molecule has 73 heavy (non-hydrogen) atoms. The summed E-state index contributed by atoms with van der Waals surface area (Å²) in [5, 5.41) is 0. The summed E-state index contributed by atoms with van der Waals surface area (Å²) in [5.41, 5.74) is 0. The minimum absolute atomic E-state index is 0.0992. The highest BCUT2D eigenvalue weighted by Gasteiger charge is 2.19. The molecule has 0 bridgehead atoms. The van der Waals surface area contributed by atoms with Crippen LogP contribution in [0.2, 0.25) is 0 Å². The number of hydrogen-bond acceptors (Lipinski definition) is 6. The molecule has 1 unspecified atom stereocenters. The van der Waals surface area contributed by atoms with Gasteiger partial charge in [-0.1, -0.05) is 326 Å². The minimum atomic E-state index is -0.811. The summed E-state index contributed by atoms with van der Waals surface area (Å²) in [5.74, 6) is -1.01. The van der Waals surface area contributed by atoms with Crippen LogP contribution in [0.5, 0.6) is 0 Å². The molecule has 6 nitrogen and oxygen atoms in total. The standard InChI is InChI=1S/C67H120O6/c1-4-7-10-13-16-19-22-25-28-30-32-33-35-36-39-42-45-48-51-54-57-60-66(69)72-63-64(62-71-65(68)59-56-53-50-47-44-41-38-27-24-21-18-15-12-9-6-3)73-67(70)61-58-55-52-49-46-43-40-37-34-31-29-26-23-20-17-14-11-8-5-2/h9,12,18,21,27,38,44,47,53,56,64H,4-8,10-11,13-17,19-20,22-26,28-37,39-43,45-46,48-52,54-55,57-63H2,1-3H3/b12-9-,21-18-,38-27-,47-44-,56-53-. The van der Waals surface area contributed by atoms with Gasteiger partial charge in [-0.3, -0.25) is 14.4 Å². The molecule has 0 aliphatic carbocycles. The predicted molar refractivity (Wildman–Crippen MR) is 316 cm³/mol. The van der Waals surface area contributed by atoms with Crippen molar-refractivity contribution in [2.45, 2.75) is 335 Å². The van der Waals surface area contributed by atoms with E-state index in [9.17, 15) is 14.4 Å². The lowest BCUT2D eigenvalue weighted by Crippen LogP contribution is -2.30. The third-order valence-corrected chi connectivity index (χ3v) is 14.1. The highest BCUT2D eigenvalue weighted by atomic mass is 16.6. The van der Waals surface area contributed by atoms with Gasteiger partial charge in [-0.15, -0.1) is 0 Å². The molecule has 1 atom stereocenters. The Balaban J connectivity index is 4.38. The van der Waals surface area contributed by atoms with Crippen molar-refractivity contribution in [1.82, 2.24) is 0 Å². The highest BCUT2D eigenvalue weighted by molar-refractivity contribution is 5.72. The SMILES string of the molecule is CC/C=C\C/C=C\C/C=C\C/C=C\C/C=C\CC(=O)OCC(COC(=O)CCCCCCCCCCCCCCCCCCCCCCC)OC(=O)CCCCCCCCCCCCCCCCCCCCC. The first-order valence-electron chi connectivity index (χ1n) is 31.8. The van der Waals surface area contributed by atoms with Crippen molar-refractivity contribution in [3.63, 3.8) is 0 Å². The van der Waals surface area contributed by atoms with Crippen molar-refractivity contribution in [2.75, 3.05) is 13.2 Å². The monoisotopic (exact) mass is 1020 g/mol. The normalized spacial score (nSPS) is 12.4. The number of rotatable bonds is 58. The Labute approximate surface area is 453 Å². The maximum absolute atomic E-state index is 12.9. The van der Waals surface area contributed by atoms with E-state index in [0.29, 0.717) is 12.8 Å². The van der Waals surface area contributed by atoms with Crippen LogP contribution in [0.3, 0.4) is 0 Å². The third-order valence-electron chi connectivity index (χ3n) is 14.1. The van der Waals surface area contributed by atoms with Gasteiger partial charge in [0, 0.05) is 12.8 Å². The van der Waals surface area contributed by atoms with Crippen LogP contribution in [0.25, 0.3) is 0 Å². The highest BCUT2D eigenvalue weighted by Crippen LogP contribution is 2.18. The number of esters is 3. The lowest BCUT2D eigenvalue weighted by atomic mass is 10.0. The quantitative estimate of drug-likeness (QED) is 0.0261. The first-order valence-corrected chi connectivity index (χ1v) is 31.8. The van der Waals surface area contributed by atoms with Crippen LogP contribution in [-0.2, 0) is 28.6 Å². The molecule has 0 aliphatic rings. The van der Waals surface area contributed by atoms with Crippen LogP contribution in [0.1, 0.15) is 329 Å². The third kappa shape index (κ3) is 59.9. The van der Waals surface area contributed by atoms with E-state index in [2.05, 4.69) is 69.4 Å². The molecule has 0 saturated carbocycles. The number of ether oxygens (including phenoxy) is 3. The van der Waals surface area contributed by atoms with Gasteiger partial charge in [0.05, 0.1) is 6.42 Å². The lowest BCUT2D eigenvalue weighted by molar-refractivity contribution is -0.166. The van der Waals surface area contributed by atoms with Crippen molar-refractivity contribution in [1.29, 1.82) is 0 Å². The largest absolute Gasteiger partial charge is 0.462 e. The van der Waals surface area contributed by atoms with Gasteiger partial charge in [0.2, 0.25) is 0 Å². The van der Waals surface area contributed by atoms with Crippen LogP contribution < -0.4 is 0 Å². The van der Waals surface area contributed by atoms with Gasteiger partial charge in [0.15, 0.2) is 6.10 Å². The minimum Gasteiger partial charge on any atom is -0.462 e. The van der Waals surface area contributed by atoms with E-state index in [1.165, 1.54) is 218 Å². The van der Waals surface area contributed by atoms with Gasteiger partial charge in [0.25, 0.3) is 0 Å². The molecule has 0 amide bonds. The van der Waals surface area contributed by atoms with Gasteiger partial charge in [0.1, 0.15) is 13.2 Å². The molecular formula is C67H120O6. The Hall–Kier alpha value is -2.89. The number of hydrogen-bond donors (Lipinski definition) is 0. The average Bonchev–Trinajstić information content (AvgIpc) is 3.39. The zero-order valence-electron chi connectivity index (χ0n) is 48.7. The zero-order valence-corrected chi connectivity index (χ0v) is 48.7. The molecule has 0 rings (SSSR count). The average molecular weight is 1020 g/mol. The van der Waals surface area contributed by atoms with E-state index >= 15 is 0 Å². The first-order chi connectivity index (χ1) is 36.0. The fourth-order valence-corrected chi connectivity index (χ4v) is 9.34. The van der Waals surface area contributed by atoms with Crippen molar-refractivity contribution in [2.24, 2.45) is 0 Å². The molecule has 0 fully saturated rings. The van der Waals surface area contributed by atoms with Crippen LogP contribution in [-0.4, -0.2) is 37.2 Å². The molecule has 0 N–H and O–H groups in total. The van der Waals surface area contributed by atoms with E-state index < -0.39 is 12.1 Å².